The summed E-state index contributed by atoms with van der Waals surface area (Å²) in [5.41, 5.74) is -1.62. The number of aliphatic hydroxyl groups is 1. The number of piperidine rings is 1. The summed E-state index contributed by atoms with van der Waals surface area (Å²) < 4.78 is 0. The fourth-order valence-electron chi connectivity index (χ4n) is 5.13. The molecule has 26 heavy (non-hydrogen) atoms. The van der Waals surface area contributed by atoms with Gasteiger partial charge in [0.15, 0.2) is 0 Å². The summed E-state index contributed by atoms with van der Waals surface area (Å²) in [5.74, 6) is 0.880. The Bertz CT molecular complexity index is 574. The van der Waals surface area contributed by atoms with Crippen LogP contribution >= 0.6 is 15.9 Å². The van der Waals surface area contributed by atoms with Gasteiger partial charge in [-0.15, -0.1) is 0 Å². The first-order valence-corrected chi connectivity index (χ1v) is 11.2. The van der Waals surface area contributed by atoms with Crippen molar-refractivity contribution >= 4 is 21.9 Å². The molecular formula is C21H32BrNO3. The Kier molecular flexibility index (Phi) is 7.68. The summed E-state index contributed by atoms with van der Waals surface area (Å²) in [4.78, 5) is 15.0. The Morgan fingerprint density at radius 2 is 1.77 bits per heavy atom. The molecule has 3 rings (SSSR count). The van der Waals surface area contributed by atoms with Crippen molar-refractivity contribution in [1.29, 1.82) is 0 Å². The Labute approximate surface area is 165 Å². The lowest BCUT2D eigenvalue weighted by atomic mass is 9.54. The second kappa shape index (κ2) is 9.34. The second-order valence-corrected chi connectivity index (χ2v) is 7.67. The largest absolute Gasteiger partial charge is 0.480 e. The number of halogens is 1. The predicted molar refractivity (Wildman–Crippen MR) is 109 cm³/mol. The van der Waals surface area contributed by atoms with Crippen LogP contribution < -0.4 is 0 Å². The van der Waals surface area contributed by atoms with Crippen LogP contribution in [0.1, 0.15) is 50.5 Å². The first kappa shape index (κ1) is 21.4. The third kappa shape index (κ3) is 3.85. The second-order valence-electron chi connectivity index (χ2n) is 7.67. The molecule has 2 fully saturated rings. The predicted octanol–water partition coefficient (Wildman–Crippen LogP) is 4.06. The molecule has 2 atom stereocenters. The highest BCUT2D eigenvalue weighted by Crippen LogP contribution is 2.51. The first-order chi connectivity index (χ1) is 12.5. The van der Waals surface area contributed by atoms with Crippen LogP contribution in [0.15, 0.2) is 30.3 Å². The smallest absolute Gasteiger partial charge is 0.317 e. The van der Waals surface area contributed by atoms with Crippen molar-refractivity contribution in [1.82, 2.24) is 4.90 Å². The van der Waals surface area contributed by atoms with Crippen LogP contribution in [0.3, 0.4) is 0 Å². The summed E-state index contributed by atoms with van der Waals surface area (Å²) in [6.07, 6.45) is 5.88. The Balaban J connectivity index is 0.00000117. The fraction of sp³-hybridized carbons (Fsp3) is 0.667. The van der Waals surface area contributed by atoms with E-state index in [-0.39, 0.29) is 5.92 Å². The van der Waals surface area contributed by atoms with Gasteiger partial charge in [-0.2, -0.15) is 0 Å². The van der Waals surface area contributed by atoms with E-state index in [0.717, 1.165) is 50.8 Å². The number of carboxylic acid groups (broad SMARTS) is 1. The minimum absolute atomic E-state index is 0.0701. The molecule has 1 saturated heterocycles. The molecular weight excluding hydrogens is 394 g/mol. The monoisotopic (exact) mass is 425 g/mol. The van der Waals surface area contributed by atoms with E-state index < -0.39 is 17.0 Å². The fourth-order valence-corrected chi connectivity index (χ4v) is 5.13. The molecule has 0 bridgehead atoms. The molecule has 1 aromatic rings. The van der Waals surface area contributed by atoms with E-state index in [4.69, 9.17) is 0 Å². The van der Waals surface area contributed by atoms with Gasteiger partial charge in [-0.1, -0.05) is 65.5 Å². The van der Waals surface area contributed by atoms with E-state index in [9.17, 15) is 15.0 Å². The topological polar surface area (TPSA) is 60.8 Å². The van der Waals surface area contributed by atoms with Crippen LogP contribution in [0.2, 0.25) is 0 Å². The maximum atomic E-state index is 12.8. The molecule has 2 N–H and O–H groups in total. The molecule has 1 aromatic carbocycles. The van der Waals surface area contributed by atoms with Gasteiger partial charge in [0.2, 0.25) is 0 Å². The zero-order valence-corrected chi connectivity index (χ0v) is 17.5. The van der Waals surface area contributed by atoms with Crippen molar-refractivity contribution in [2.45, 2.75) is 56.0 Å². The van der Waals surface area contributed by atoms with Gasteiger partial charge < -0.3 is 15.1 Å². The van der Waals surface area contributed by atoms with Gasteiger partial charge in [-0.3, -0.25) is 4.79 Å². The van der Waals surface area contributed by atoms with Crippen LogP contribution in [0, 0.1) is 5.92 Å². The first-order valence-electron chi connectivity index (χ1n) is 9.58. The molecule has 5 heteroatoms. The van der Waals surface area contributed by atoms with E-state index in [2.05, 4.69) is 27.9 Å². The summed E-state index contributed by atoms with van der Waals surface area (Å²) in [7, 11) is 2.05. The quantitative estimate of drug-likeness (QED) is 0.713. The number of nitrogens with zero attached hydrogens (tertiary/aromatic N) is 1. The van der Waals surface area contributed by atoms with Crippen molar-refractivity contribution < 1.29 is 15.0 Å². The van der Waals surface area contributed by atoms with Crippen molar-refractivity contribution in [3.63, 3.8) is 0 Å². The van der Waals surface area contributed by atoms with E-state index >= 15 is 0 Å². The van der Waals surface area contributed by atoms with Crippen LogP contribution in [0.25, 0.3) is 0 Å². The highest BCUT2D eigenvalue weighted by molar-refractivity contribution is 9.08. The molecule has 1 saturated carbocycles. The third-order valence-electron chi connectivity index (χ3n) is 6.22. The number of aliphatic carboxylic acids is 1. The zero-order valence-electron chi connectivity index (χ0n) is 16.0. The van der Waals surface area contributed by atoms with Gasteiger partial charge in [0.1, 0.15) is 5.41 Å². The third-order valence-corrected chi connectivity index (χ3v) is 6.22. The molecule has 0 radical (unpaired) electrons. The molecule has 0 spiro atoms. The summed E-state index contributed by atoms with van der Waals surface area (Å²) in [5, 5.41) is 22.1. The van der Waals surface area contributed by atoms with Crippen molar-refractivity contribution in [2.24, 2.45) is 5.92 Å². The number of hydrogen-bond acceptors (Lipinski definition) is 3. The highest BCUT2D eigenvalue weighted by atomic mass is 79.9. The summed E-state index contributed by atoms with van der Waals surface area (Å²) >= 11 is 2.94. The highest BCUT2D eigenvalue weighted by Gasteiger charge is 2.61. The normalized spacial score (nSPS) is 25.5. The summed E-state index contributed by atoms with van der Waals surface area (Å²) in [6.45, 7) is 1.73. The lowest BCUT2D eigenvalue weighted by molar-refractivity contribution is -0.170. The molecule has 4 nitrogen and oxygen atoms in total. The Morgan fingerprint density at radius 3 is 2.31 bits per heavy atom. The number of carboxylic acids is 1. The zero-order chi connectivity index (χ0) is 19.2. The molecule has 146 valence electrons. The van der Waals surface area contributed by atoms with Gasteiger partial charge in [0.05, 0.1) is 5.60 Å². The number of likely N-dealkylation sites (tertiary alicyclic amines) is 1. The Hall–Kier alpha value is -0.910. The minimum atomic E-state index is -1.22. The molecule has 2 unspecified atom stereocenters. The molecule has 1 aliphatic carbocycles. The average molecular weight is 426 g/mol. The minimum Gasteiger partial charge on any atom is -0.480 e. The van der Waals surface area contributed by atoms with Crippen LogP contribution in [-0.4, -0.2) is 52.7 Å². The number of carbonyl (C=O) groups is 1. The number of benzene rings is 1. The number of hydrogen-bond donors (Lipinski definition) is 2. The van der Waals surface area contributed by atoms with Gasteiger partial charge in [0.25, 0.3) is 0 Å². The lowest BCUT2D eigenvalue weighted by Crippen LogP contribution is -2.64. The molecule has 1 heterocycles. The maximum absolute atomic E-state index is 12.8. The molecule has 2 aliphatic rings. The van der Waals surface area contributed by atoms with Crippen LogP contribution in [-0.2, 0) is 10.2 Å². The number of rotatable bonds is 4. The van der Waals surface area contributed by atoms with Gasteiger partial charge in [-0.05, 0) is 56.6 Å². The lowest BCUT2D eigenvalue weighted by Gasteiger charge is -2.52. The van der Waals surface area contributed by atoms with Crippen LogP contribution in [0.5, 0.6) is 0 Å². The Morgan fingerprint density at radius 1 is 1.15 bits per heavy atom. The maximum Gasteiger partial charge on any atom is 0.317 e. The van der Waals surface area contributed by atoms with E-state index in [1.807, 2.05) is 36.2 Å². The van der Waals surface area contributed by atoms with Gasteiger partial charge >= 0.3 is 5.97 Å². The SMILES string of the molecule is CBr.CN1CCCC(C(C(=O)O)(c2ccccc2)C2(O)CCCCC2)C1. The number of alkyl halides is 1. The standard InChI is InChI=1S/C20H29NO3.CH3Br/c1-21-14-8-11-17(15-21)20(18(22)23,16-9-4-2-5-10-16)19(24)12-6-3-7-13-19;1-2/h2,4-5,9-10,17,24H,3,6-8,11-15H2,1H3,(H,22,23);1H3. The molecule has 0 amide bonds. The van der Waals surface area contributed by atoms with E-state index in [1.54, 1.807) is 0 Å². The van der Waals surface area contributed by atoms with E-state index in [0.29, 0.717) is 12.8 Å². The van der Waals surface area contributed by atoms with Crippen molar-refractivity contribution in [2.75, 3.05) is 26.0 Å². The van der Waals surface area contributed by atoms with Crippen molar-refractivity contribution in [3.05, 3.63) is 35.9 Å². The van der Waals surface area contributed by atoms with Crippen LogP contribution in [0.4, 0.5) is 0 Å². The van der Waals surface area contributed by atoms with Gasteiger partial charge in [-0.25, -0.2) is 0 Å². The van der Waals surface area contributed by atoms with E-state index in [1.165, 1.54) is 0 Å². The molecule has 1 aliphatic heterocycles. The average Bonchev–Trinajstić information content (AvgIpc) is 2.65. The van der Waals surface area contributed by atoms with Gasteiger partial charge in [0, 0.05) is 6.54 Å². The van der Waals surface area contributed by atoms with Crippen molar-refractivity contribution in [3.8, 4) is 0 Å². The summed E-state index contributed by atoms with van der Waals surface area (Å²) in [6, 6.07) is 9.50. The molecule has 0 aromatic heterocycles.